The van der Waals surface area contributed by atoms with E-state index in [1.807, 2.05) is 19.1 Å². The van der Waals surface area contributed by atoms with Crippen LogP contribution in [0.3, 0.4) is 0 Å². The van der Waals surface area contributed by atoms with E-state index in [0.717, 1.165) is 25.1 Å². The Kier molecular flexibility index (Phi) is 5.80. The van der Waals surface area contributed by atoms with E-state index < -0.39 is 10.0 Å². The van der Waals surface area contributed by atoms with Crippen molar-refractivity contribution in [2.45, 2.75) is 31.2 Å². The molecule has 108 valence electrons. The summed E-state index contributed by atoms with van der Waals surface area (Å²) in [6.07, 6.45) is 0.840. The van der Waals surface area contributed by atoms with Gasteiger partial charge in [0.2, 0.25) is 10.0 Å². The summed E-state index contributed by atoms with van der Waals surface area (Å²) in [7, 11) is -3.40. The van der Waals surface area contributed by atoms with Crippen molar-refractivity contribution in [3.05, 3.63) is 29.8 Å². The molecule has 0 aromatic heterocycles. The van der Waals surface area contributed by atoms with Crippen molar-refractivity contribution in [1.82, 2.24) is 10.0 Å². The molecule has 1 aliphatic rings. The standard InChI is InChI=1S/C13H20N2O2S.ClH/c1-10-5-3-4-6-13(10)18(16,17)15-12-7-8-14-9-11(12)2;/h3-6,11-12,14-15H,7-9H2,1-2H3;1H. The van der Waals surface area contributed by atoms with Gasteiger partial charge in [-0.05, 0) is 44.0 Å². The highest BCUT2D eigenvalue weighted by Crippen LogP contribution is 2.18. The van der Waals surface area contributed by atoms with Gasteiger partial charge in [-0.3, -0.25) is 0 Å². The predicted molar refractivity (Wildman–Crippen MR) is 79.2 cm³/mol. The molecule has 1 aliphatic heterocycles. The Hall–Kier alpha value is -0.620. The fourth-order valence-corrected chi connectivity index (χ4v) is 3.94. The zero-order chi connectivity index (χ0) is 13.2. The van der Waals surface area contributed by atoms with E-state index in [4.69, 9.17) is 0 Å². The van der Waals surface area contributed by atoms with Gasteiger partial charge < -0.3 is 5.32 Å². The summed E-state index contributed by atoms with van der Waals surface area (Å²) < 4.78 is 27.5. The fraction of sp³-hybridized carbons (Fsp3) is 0.538. The molecule has 2 unspecified atom stereocenters. The van der Waals surface area contributed by atoms with Crippen LogP contribution >= 0.6 is 12.4 Å². The first-order valence-corrected chi connectivity index (χ1v) is 7.78. The van der Waals surface area contributed by atoms with Gasteiger partial charge in [0.05, 0.1) is 4.90 Å². The van der Waals surface area contributed by atoms with Crippen LogP contribution in [0.15, 0.2) is 29.2 Å². The molecule has 0 bridgehead atoms. The van der Waals surface area contributed by atoms with Gasteiger partial charge in [-0.2, -0.15) is 0 Å². The largest absolute Gasteiger partial charge is 0.316 e. The Morgan fingerprint density at radius 1 is 1.32 bits per heavy atom. The topological polar surface area (TPSA) is 58.2 Å². The summed E-state index contributed by atoms with van der Waals surface area (Å²) >= 11 is 0. The normalized spacial score (nSPS) is 23.7. The summed E-state index contributed by atoms with van der Waals surface area (Å²) in [5.74, 6) is 0.317. The van der Waals surface area contributed by atoms with Crippen LogP contribution < -0.4 is 10.0 Å². The first-order valence-electron chi connectivity index (χ1n) is 6.29. The molecule has 0 spiro atoms. The van der Waals surface area contributed by atoms with Crippen LogP contribution in [0, 0.1) is 12.8 Å². The predicted octanol–water partition coefficient (Wildman–Crippen LogP) is 1.69. The van der Waals surface area contributed by atoms with Crippen molar-refractivity contribution in [2.24, 2.45) is 5.92 Å². The highest BCUT2D eigenvalue weighted by atomic mass is 35.5. The molecule has 1 aromatic rings. The number of halogens is 1. The van der Waals surface area contributed by atoms with Crippen molar-refractivity contribution < 1.29 is 8.42 Å². The van der Waals surface area contributed by atoms with Gasteiger partial charge >= 0.3 is 0 Å². The van der Waals surface area contributed by atoms with Crippen LogP contribution in [0.4, 0.5) is 0 Å². The third kappa shape index (κ3) is 3.92. The number of sulfonamides is 1. The number of rotatable bonds is 3. The second kappa shape index (κ2) is 6.70. The molecule has 6 heteroatoms. The van der Waals surface area contributed by atoms with E-state index in [1.54, 1.807) is 12.1 Å². The molecule has 0 radical (unpaired) electrons. The number of nitrogens with one attached hydrogen (secondary N) is 2. The van der Waals surface area contributed by atoms with Crippen LogP contribution in [0.2, 0.25) is 0 Å². The number of piperidine rings is 1. The van der Waals surface area contributed by atoms with Gasteiger partial charge in [-0.25, -0.2) is 13.1 Å². The average molecular weight is 305 g/mol. The highest BCUT2D eigenvalue weighted by molar-refractivity contribution is 7.89. The fourth-order valence-electron chi connectivity index (χ4n) is 2.31. The third-order valence-electron chi connectivity index (χ3n) is 3.47. The SMILES string of the molecule is Cc1ccccc1S(=O)(=O)NC1CCNCC1C.Cl. The Morgan fingerprint density at radius 3 is 2.63 bits per heavy atom. The summed E-state index contributed by atoms with van der Waals surface area (Å²) in [6.45, 7) is 5.61. The lowest BCUT2D eigenvalue weighted by Crippen LogP contribution is -2.48. The molecule has 1 heterocycles. The van der Waals surface area contributed by atoms with Gasteiger partial charge in [0.1, 0.15) is 0 Å². The minimum atomic E-state index is -3.40. The Balaban J connectivity index is 0.00000180. The van der Waals surface area contributed by atoms with Crippen LogP contribution in [0.25, 0.3) is 0 Å². The van der Waals surface area contributed by atoms with Gasteiger partial charge in [0.15, 0.2) is 0 Å². The lowest BCUT2D eigenvalue weighted by Gasteiger charge is -2.30. The van der Waals surface area contributed by atoms with Crippen LogP contribution in [-0.2, 0) is 10.0 Å². The van der Waals surface area contributed by atoms with E-state index >= 15 is 0 Å². The van der Waals surface area contributed by atoms with Crippen molar-refractivity contribution in [3.8, 4) is 0 Å². The summed E-state index contributed by atoms with van der Waals surface area (Å²) in [5.41, 5.74) is 0.784. The van der Waals surface area contributed by atoms with E-state index in [9.17, 15) is 8.42 Å². The molecule has 2 rings (SSSR count). The molecule has 1 aromatic carbocycles. The van der Waals surface area contributed by atoms with Crippen molar-refractivity contribution in [2.75, 3.05) is 13.1 Å². The lowest BCUT2D eigenvalue weighted by atomic mass is 9.97. The molecule has 2 N–H and O–H groups in total. The molecule has 1 fully saturated rings. The maximum atomic E-state index is 12.3. The molecule has 19 heavy (non-hydrogen) atoms. The number of aryl methyl sites for hydroxylation is 1. The third-order valence-corrected chi connectivity index (χ3v) is 5.13. The maximum Gasteiger partial charge on any atom is 0.241 e. The smallest absolute Gasteiger partial charge is 0.241 e. The number of hydrogen-bond acceptors (Lipinski definition) is 3. The van der Waals surface area contributed by atoms with E-state index in [0.29, 0.717) is 10.8 Å². The minimum Gasteiger partial charge on any atom is -0.316 e. The molecule has 4 nitrogen and oxygen atoms in total. The summed E-state index contributed by atoms with van der Waals surface area (Å²) in [5, 5.41) is 3.27. The number of hydrogen-bond donors (Lipinski definition) is 2. The molecule has 0 aliphatic carbocycles. The van der Waals surface area contributed by atoms with Gasteiger partial charge in [0.25, 0.3) is 0 Å². The first kappa shape index (κ1) is 16.4. The Bertz CT molecular complexity index is 519. The zero-order valence-electron chi connectivity index (χ0n) is 11.2. The Morgan fingerprint density at radius 2 is 2.00 bits per heavy atom. The summed E-state index contributed by atoms with van der Waals surface area (Å²) in [4.78, 5) is 0.385. The first-order chi connectivity index (χ1) is 8.50. The van der Waals surface area contributed by atoms with E-state index in [2.05, 4.69) is 17.0 Å². The van der Waals surface area contributed by atoms with Crippen LogP contribution in [0.5, 0.6) is 0 Å². The van der Waals surface area contributed by atoms with Crippen molar-refractivity contribution in [1.29, 1.82) is 0 Å². The van der Waals surface area contributed by atoms with Crippen LogP contribution in [0.1, 0.15) is 18.9 Å². The number of benzene rings is 1. The molecule has 0 saturated carbocycles. The maximum absolute atomic E-state index is 12.3. The monoisotopic (exact) mass is 304 g/mol. The van der Waals surface area contributed by atoms with Crippen molar-refractivity contribution in [3.63, 3.8) is 0 Å². The molecule has 1 saturated heterocycles. The highest BCUT2D eigenvalue weighted by Gasteiger charge is 2.27. The van der Waals surface area contributed by atoms with Crippen LogP contribution in [-0.4, -0.2) is 27.5 Å². The second-order valence-corrected chi connectivity index (χ2v) is 6.65. The molecule has 0 amide bonds. The van der Waals surface area contributed by atoms with E-state index in [-0.39, 0.29) is 18.4 Å². The average Bonchev–Trinajstić information content (AvgIpc) is 2.32. The lowest BCUT2D eigenvalue weighted by molar-refractivity contribution is 0.328. The molecular formula is C13H21ClN2O2S. The second-order valence-electron chi connectivity index (χ2n) is 4.96. The van der Waals surface area contributed by atoms with E-state index in [1.165, 1.54) is 0 Å². The summed E-state index contributed by atoms with van der Waals surface area (Å²) in [6, 6.07) is 7.11. The van der Waals surface area contributed by atoms with Gasteiger partial charge in [0, 0.05) is 6.04 Å². The molecular weight excluding hydrogens is 284 g/mol. The van der Waals surface area contributed by atoms with Gasteiger partial charge in [-0.1, -0.05) is 25.1 Å². The molecule has 2 atom stereocenters. The minimum absolute atomic E-state index is 0. The van der Waals surface area contributed by atoms with Crippen molar-refractivity contribution >= 4 is 22.4 Å². The Labute approximate surface area is 121 Å². The van der Waals surface area contributed by atoms with Gasteiger partial charge in [-0.15, -0.1) is 12.4 Å². The zero-order valence-corrected chi connectivity index (χ0v) is 12.9. The quantitative estimate of drug-likeness (QED) is 0.893.